The molecule has 1 aromatic heterocycles. The molecule has 0 fully saturated rings. The van der Waals surface area contributed by atoms with Crippen LogP contribution in [-0.2, 0) is 30.9 Å². The van der Waals surface area contributed by atoms with E-state index in [1.807, 2.05) is 22.8 Å². The van der Waals surface area contributed by atoms with Crippen molar-refractivity contribution >= 4 is 10.9 Å². The number of benzene rings is 1. The monoisotopic (exact) mass is 259 g/mol. The van der Waals surface area contributed by atoms with E-state index in [4.69, 9.17) is 4.74 Å². The van der Waals surface area contributed by atoms with Gasteiger partial charge in [-0.25, -0.2) is 0 Å². The summed E-state index contributed by atoms with van der Waals surface area (Å²) in [6, 6.07) is 10.1. The van der Waals surface area contributed by atoms with Gasteiger partial charge < -0.3 is 21.7 Å². The largest absolute Gasteiger partial charge is 1.00 e. The van der Waals surface area contributed by atoms with E-state index >= 15 is 0 Å². The second-order valence-electron chi connectivity index (χ2n) is 2.68. The Morgan fingerprint density at radius 2 is 2.07 bits per heavy atom. The van der Waals surface area contributed by atoms with Gasteiger partial charge in [0.1, 0.15) is 6.73 Å². The molecule has 0 atom stereocenters. The van der Waals surface area contributed by atoms with Crippen LogP contribution in [0.2, 0.25) is 0 Å². The first-order chi connectivity index (χ1) is 5.92. The minimum absolute atomic E-state index is 0. The van der Waals surface area contributed by atoms with Crippen molar-refractivity contribution in [2.75, 3.05) is 7.11 Å². The van der Waals surface area contributed by atoms with E-state index in [0.29, 0.717) is 6.73 Å². The van der Waals surface area contributed by atoms with E-state index in [9.17, 15) is 0 Å². The molecule has 2 rings (SSSR count). The Kier molecular flexibility index (Phi) is 6.02. The Hall–Kier alpha value is -0.367. The van der Waals surface area contributed by atoms with Gasteiger partial charge in [0.25, 0.3) is 0 Å². The van der Waals surface area contributed by atoms with Crippen LogP contribution in [0.3, 0.4) is 0 Å². The van der Waals surface area contributed by atoms with Crippen LogP contribution in [0.4, 0.5) is 0 Å². The molecule has 0 saturated carbocycles. The number of nitrogens with zero attached hydrogens (tertiary/aromatic N) is 1. The maximum Gasteiger partial charge on any atom is 0.123 e. The molecule has 0 N–H and O–H groups in total. The molecule has 0 unspecified atom stereocenters. The summed E-state index contributed by atoms with van der Waals surface area (Å²) in [5.74, 6) is 0. The van der Waals surface area contributed by atoms with Crippen LogP contribution in [0.1, 0.15) is 0 Å². The zero-order valence-electron chi connectivity index (χ0n) is 8.03. The van der Waals surface area contributed by atoms with E-state index < -0.39 is 0 Å². The zero-order valence-corrected chi connectivity index (χ0v) is 11.8. The van der Waals surface area contributed by atoms with Crippen molar-refractivity contribution in [2.45, 2.75) is 6.73 Å². The van der Waals surface area contributed by atoms with E-state index in [1.54, 1.807) is 7.11 Å². The van der Waals surface area contributed by atoms with Crippen molar-refractivity contribution in [3.05, 3.63) is 36.5 Å². The fraction of sp³-hybridized carbons (Fsp3) is 0.200. The van der Waals surface area contributed by atoms with Crippen LogP contribution < -0.4 is 12.4 Å². The van der Waals surface area contributed by atoms with Gasteiger partial charge in [-0.05, 0) is 12.1 Å². The molecule has 2 nitrogen and oxygen atoms in total. The van der Waals surface area contributed by atoms with Gasteiger partial charge in [0, 0.05) is 32.0 Å². The van der Waals surface area contributed by atoms with E-state index in [0.717, 1.165) is 0 Å². The van der Waals surface area contributed by atoms with E-state index in [1.165, 1.54) is 10.9 Å². The predicted octanol–water partition coefficient (Wildman–Crippen LogP) is -0.953. The van der Waals surface area contributed by atoms with Crippen LogP contribution in [0, 0.1) is 6.20 Å². The third-order valence-corrected chi connectivity index (χ3v) is 1.86. The van der Waals surface area contributed by atoms with Gasteiger partial charge in [-0.3, -0.25) is 0 Å². The van der Waals surface area contributed by atoms with Crippen molar-refractivity contribution in [1.29, 1.82) is 0 Å². The molecule has 0 spiro atoms. The molecule has 1 aromatic carbocycles. The van der Waals surface area contributed by atoms with Crippen molar-refractivity contribution in [3.8, 4) is 0 Å². The first kappa shape index (κ1) is 13.6. The summed E-state index contributed by atoms with van der Waals surface area (Å²) in [7, 11) is 1.68. The molecule has 14 heavy (non-hydrogen) atoms. The minimum atomic E-state index is 0. The van der Waals surface area contributed by atoms with Gasteiger partial charge in [-0.1, -0.05) is 18.2 Å². The topological polar surface area (TPSA) is 14.2 Å². The normalized spacial score (nSPS) is 9.21. The van der Waals surface area contributed by atoms with Gasteiger partial charge in [0.2, 0.25) is 0 Å². The number of rotatable bonds is 2. The molecule has 1 radical (unpaired) electrons. The molecular weight excluding hydrogens is 251 g/mol. The molecule has 0 aliphatic carbocycles. The quantitative estimate of drug-likeness (QED) is 0.636. The average Bonchev–Trinajstić information content (AvgIpc) is 2.50. The van der Waals surface area contributed by atoms with Crippen LogP contribution >= 0.6 is 0 Å². The first-order valence-corrected chi connectivity index (χ1v) is 3.87. The van der Waals surface area contributed by atoms with Crippen LogP contribution in [0.15, 0.2) is 30.3 Å². The van der Waals surface area contributed by atoms with E-state index in [-0.39, 0.29) is 31.9 Å². The maximum absolute atomic E-state index is 5.03. The fourth-order valence-electron chi connectivity index (χ4n) is 1.31. The molecule has 0 aliphatic heterocycles. The van der Waals surface area contributed by atoms with Crippen molar-refractivity contribution in [3.63, 3.8) is 0 Å². The molecule has 4 heteroatoms. The van der Waals surface area contributed by atoms with Gasteiger partial charge in [0.05, 0.1) is 11.7 Å². The summed E-state index contributed by atoms with van der Waals surface area (Å²) in [6.45, 7) is 0.563. The number of aromatic nitrogens is 1. The molecule has 0 aliphatic rings. The maximum atomic E-state index is 5.03. The molecule has 0 saturated heterocycles. The van der Waals surface area contributed by atoms with Crippen molar-refractivity contribution in [1.82, 2.24) is 4.57 Å². The summed E-state index contributed by atoms with van der Waals surface area (Å²) in [5.41, 5.74) is 1.17. The molecule has 71 valence electrons. The molecule has 0 bridgehead atoms. The summed E-state index contributed by atoms with van der Waals surface area (Å²) in [5, 5.41) is 1.20. The Balaban J connectivity index is 0.000000845. The minimum Gasteiger partial charge on any atom is -1.00 e. The summed E-state index contributed by atoms with van der Waals surface area (Å²) < 4.78 is 6.98. The second-order valence-corrected chi connectivity index (χ2v) is 2.68. The van der Waals surface area contributed by atoms with Crippen molar-refractivity contribution < 1.29 is 36.6 Å². The molecule has 0 amide bonds. The number of fused-ring (bicyclic) bond motifs is 1. The molecular formula is C10H10ClNOZn-. The summed E-state index contributed by atoms with van der Waals surface area (Å²) in [6.07, 6.45) is 3.11. The van der Waals surface area contributed by atoms with Gasteiger partial charge in [-0.2, -0.15) is 0 Å². The Morgan fingerprint density at radius 1 is 1.36 bits per heavy atom. The smallest absolute Gasteiger partial charge is 0.123 e. The van der Waals surface area contributed by atoms with Gasteiger partial charge in [0.15, 0.2) is 0 Å². The average molecular weight is 261 g/mol. The van der Waals surface area contributed by atoms with Crippen molar-refractivity contribution in [2.24, 2.45) is 0 Å². The van der Waals surface area contributed by atoms with Gasteiger partial charge in [-0.15, -0.1) is 0 Å². The first-order valence-electron chi connectivity index (χ1n) is 3.87. The van der Waals surface area contributed by atoms with Crippen LogP contribution in [-0.4, -0.2) is 11.7 Å². The SMILES string of the molecule is COCn1[c]cc2ccccc21.[Cl-].[Zn]. The van der Waals surface area contributed by atoms with Crippen LogP contribution in [0.5, 0.6) is 0 Å². The second kappa shape index (κ2) is 6.18. The Morgan fingerprint density at radius 3 is 2.79 bits per heavy atom. The van der Waals surface area contributed by atoms with Gasteiger partial charge >= 0.3 is 0 Å². The summed E-state index contributed by atoms with van der Waals surface area (Å²) in [4.78, 5) is 0. The number of hydrogen-bond acceptors (Lipinski definition) is 1. The third kappa shape index (κ3) is 2.57. The van der Waals surface area contributed by atoms with Crippen LogP contribution in [0.25, 0.3) is 10.9 Å². The zero-order chi connectivity index (χ0) is 8.39. The number of methoxy groups -OCH3 is 1. The standard InChI is InChI=1S/C10H10NO.ClH.Zn/c1-12-8-11-7-6-9-4-2-3-5-10(9)11;;/h2-6H,8H2,1H3;1H;/p-1. The summed E-state index contributed by atoms with van der Waals surface area (Å²) >= 11 is 0. The molecule has 2 aromatic rings. The Labute approximate surface area is 102 Å². The fourth-order valence-corrected chi connectivity index (χ4v) is 1.31. The number of para-hydroxylation sites is 1. The number of hydrogen-bond donors (Lipinski definition) is 0. The number of ether oxygens (including phenoxy) is 1. The number of halogens is 1. The Bertz CT molecular complexity index is 388. The molecule has 1 heterocycles. The van der Waals surface area contributed by atoms with E-state index in [2.05, 4.69) is 18.3 Å². The third-order valence-electron chi connectivity index (χ3n) is 1.86. The predicted molar refractivity (Wildman–Crippen MR) is 47.8 cm³/mol.